The van der Waals surface area contributed by atoms with Crippen LogP contribution in [-0.4, -0.2) is 25.0 Å². The van der Waals surface area contributed by atoms with Crippen molar-refractivity contribution in [1.82, 2.24) is 0 Å². The van der Waals surface area contributed by atoms with Crippen LogP contribution < -0.4 is 10.1 Å². The molecule has 7 heteroatoms. The van der Waals surface area contributed by atoms with Gasteiger partial charge in [-0.05, 0) is 41.4 Å². The largest absolute Gasteiger partial charge is 0.497 e. The molecule has 0 bridgehead atoms. The zero-order valence-corrected chi connectivity index (χ0v) is 14.7. The van der Waals surface area contributed by atoms with Gasteiger partial charge in [-0.15, -0.1) is 0 Å². The molecular formula is C19H17ClF2N2O2. The molecule has 0 saturated carbocycles. The summed E-state index contributed by atoms with van der Waals surface area (Å²) < 4.78 is 38.1. The lowest BCUT2D eigenvalue weighted by Gasteiger charge is -2.15. The van der Waals surface area contributed by atoms with Gasteiger partial charge in [-0.3, -0.25) is 0 Å². The normalized spacial score (nSPS) is 17.5. The summed E-state index contributed by atoms with van der Waals surface area (Å²) in [5.41, 5.74) is 0.880. The number of allylic oxidation sites excluding steroid dienone is 1. The lowest BCUT2D eigenvalue weighted by molar-refractivity contribution is 0.140. The van der Waals surface area contributed by atoms with Gasteiger partial charge in [0, 0.05) is 11.8 Å². The van der Waals surface area contributed by atoms with Crippen molar-refractivity contribution in [3.8, 4) is 5.75 Å². The molecule has 1 heterocycles. The zero-order chi connectivity index (χ0) is 18.6. The lowest BCUT2D eigenvalue weighted by Crippen LogP contribution is -2.19. The third kappa shape index (κ3) is 4.52. The van der Waals surface area contributed by atoms with Crippen molar-refractivity contribution in [2.24, 2.45) is 4.99 Å². The van der Waals surface area contributed by atoms with Crippen LogP contribution in [0.1, 0.15) is 11.6 Å². The minimum Gasteiger partial charge on any atom is -0.497 e. The molecule has 1 aliphatic rings. The summed E-state index contributed by atoms with van der Waals surface area (Å²) in [6.07, 6.45) is 1.13. The number of benzene rings is 2. The maximum absolute atomic E-state index is 13.8. The highest BCUT2D eigenvalue weighted by Gasteiger charge is 2.33. The van der Waals surface area contributed by atoms with E-state index >= 15 is 0 Å². The van der Waals surface area contributed by atoms with Crippen LogP contribution in [0.2, 0.25) is 0 Å². The van der Waals surface area contributed by atoms with Crippen LogP contribution in [0.15, 0.2) is 71.4 Å². The SMILES string of the molecule is COc1ccc(N/C(=C\C2=N[C@H](c3ccccc3)CO2)C(F)(F)Cl)cc1. The van der Waals surface area contributed by atoms with Gasteiger partial charge in [-0.1, -0.05) is 30.3 Å². The molecule has 1 atom stereocenters. The van der Waals surface area contributed by atoms with Gasteiger partial charge in [0.05, 0.1) is 7.11 Å². The van der Waals surface area contributed by atoms with Gasteiger partial charge >= 0.3 is 5.38 Å². The number of hydrogen-bond donors (Lipinski definition) is 1. The third-order valence-corrected chi connectivity index (χ3v) is 4.00. The van der Waals surface area contributed by atoms with E-state index in [9.17, 15) is 8.78 Å². The van der Waals surface area contributed by atoms with Gasteiger partial charge in [-0.25, -0.2) is 4.99 Å². The highest BCUT2D eigenvalue weighted by Crippen LogP contribution is 2.31. The first-order valence-electron chi connectivity index (χ1n) is 7.91. The zero-order valence-electron chi connectivity index (χ0n) is 14.0. The monoisotopic (exact) mass is 378 g/mol. The van der Waals surface area contributed by atoms with E-state index in [1.165, 1.54) is 7.11 Å². The Bertz CT molecular complexity index is 803. The maximum Gasteiger partial charge on any atom is 0.362 e. The van der Waals surface area contributed by atoms with Crippen molar-refractivity contribution in [3.63, 3.8) is 0 Å². The third-order valence-electron chi connectivity index (χ3n) is 3.80. The van der Waals surface area contributed by atoms with Gasteiger partial charge in [0.1, 0.15) is 24.1 Å². The van der Waals surface area contributed by atoms with Crippen LogP contribution in [0, 0.1) is 0 Å². The molecule has 2 aromatic carbocycles. The Hall–Kier alpha value is -2.60. The molecule has 2 aromatic rings. The quantitative estimate of drug-likeness (QED) is 0.720. The molecule has 0 aromatic heterocycles. The fourth-order valence-electron chi connectivity index (χ4n) is 2.46. The predicted molar refractivity (Wildman–Crippen MR) is 98.1 cm³/mol. The maximum atomic E-state index is 13.8. The van der Waals surface area contributed by atoms with Crippen molar-refractivity contribution in [1.29, 1.82) is 0 Å². The van der Waals surface area contributed by atoms with E-state index in [4.69, 9.17) is 21.1 Å². The summed E-state index contributed by atoms with van der Waals surface area (Å²) in [4.78, 5) is 4.35. The van der Waals surface area contributed by atoms with E-state index in [-0.39, 0.29) is 11.9 Å². The number of alkyl halides is 3. The Morgan fingerprint density at radius 3 is 2.54 bits per heavy atom. The number of halogens is 3. The summed E-state index contributed by atoms with van der Waals surface area (Å²) in [5.74, 6) is 0.725. The topological polar surface area (TPSA) is 42.8 Å². The van der Waals surface area contributed by atoms with Crippen molar-refractivity contribution >= 4 is 23.2 Å². The van der Waals surface area contributed by atoms with Crippen LogP contribution >= 0.6 is 11.6 Å². The van der Waals surface area contributed by atoms with Crippen molar-refractivity contribution in [2.75, 3.05) is 19.0 Å². The first-order chi connectivity index (χ1) is 12.5. The number of anilines is 1. The molecule has 0 saturated heterocycles. The molecule has 0 amide bonds. The number of hydrogen-bond acceptors (Lipinski definition) is 4. The Morgan fingerprint density at radius 1 is 1.23 bits per heavy atom. The van der Waals surface area contributed by atoms with Crippen molar-refractivity contribution in [3.05, 3.63) is 71.9 Å². The van der Waals surface area contributed by atoms with Gasteiger partial charge < -0.3 is 14.8 Å². The molecular weight excluding hydrogens is 362 g/mol. The summed E-state index contributed by atoms with van der Waals surface area (Å²) >= 11 is 5.24. The van der Waals surface area contributed by atoms with Gasteiger partial charge in [0.2, 0.25) is 5.90 Å². The molecule has 0 spiro atoms. The van der Waals surface area contributed by atoms with E-state index in [1.807, 2.05) is 30.3 Å². The molecule has 0 radical (unpaired) electrons. The average Bonchev–Trinajstić information content (AvgIpc) is 3.10. The second kappa shape index (κ2) is 7.74. The minimum atomic E-state index is -3.60. The number of ether oxygens (including phenoxy) is 2. The molecule has 4 nitrogen and oxygen atoms in total. The summed E-state index contributed by atoms with van der Waals surface area (Å²) in [5, 5.41) is -0.986. The number of rotatable bonds is 6. The van der Waals surface area contributed by atoms with E-state index < -0.39 is 11.1 Å². The Labute approximate surface area is 155 Å². The molecule has 136 valence electrons. The first-order valence-corrected chi connectivity index (χ1v) is 8.29. The van der Waals surface area contributed by atoms with E-state index in [0.29, 0.717) is 18.0 Å². The summed E-state index contributed by atoms with van der Waals surface area (Å²) in [7, 11) is 1.53. The second-order valence-electron chi connectivity index (χ2n) is 5.61. The first kappa shape index (κ1) is 18.2. The van der Waals surface area contributed by atoms with Crippen LogP contribution in [0.4, 0.5) is 14.5 Å². The standard InChI is InChI=1S/C19H17ClF2N2O2/c1-25-15-9-7-14(8-10-15)23-17(19(20,21)22)11-18-24-16(12-26-18)13-5-3-2-4-6-13/h2-11,16,23H,12H2,1H3/b17-11-/t16-/m0/s1. The predicted octanol–water partition coefficient (Wildman–Crippen LogP) is 4.99. The smallest absolute Gasteiger partial charge is 0.362 e. The summed E-state index contributed by atoms with van der Waals surface area (Å²) in [6.45, 7) is 0.291. The summed E-state index contributed by atoms with van der Waals surface area (Å²) in [6, 6.07) is 15.8. The Balaban J connectivity index is 1.81. The highest BCUT2D eigenvalue weighted by atomic mass is 35.5. The fraction of sp³-hybridized carbons (Fsp3) is 0.211. The molecule has 3 rings (SSSR count). The molecule has 0 fully saturated rings. The van der Waals surface area contributed by atoms with Gasteiger partial charge in [-0.2, -0.15) is 8.78 Å². The number of aliphatic imine (C=N–C) groups is 1. The second-order valence-corrected chi connectivity index (χ2v) is 6.09. The lowest BCUT2D eigenvalue weighted by atomic mass is 10.1. The number of nitrogens with one attached hydrogen (secondary N) is 1. The highest BCUT2D eigenvalue weighted by molar-refractivity contribution is 6.24. The van der Waals surface area contributed by atoms with Crippen molar-refractivity contribution in [2.45, 2.75) is 11.4 Å². The van der Waals surface area contributed by atoms with Gasteiger partial charge in [0.15, 0.2) is 0 Å². The Kier molecular flexibility index (Phi) is 5.42. The van der Waals surface area contributed by atoms with Crippen molar-refractivity contribution < 1.29 is 18.3 Å². The van der Waals surface area contributed by atoms with Gasteiger partial charge in [0.25, 0.3) is 0 Å². The molecule has 26 heavy (non-hydrogen) atoms. The van der Waals surface area contributed by atoms with Crippen LogP contribution in [-0.2, 0) is 4.74 Å². The molecule has 0 aliphatic carbocycles. The van der Waals surface area contributed by atoms with E-state index in [2.05, 4.69) is 10.3 Å². The van der Waals surface area contributed by atoms with E-state index in [1.54, 1.807) is 24.3 Å². The number of nitrogens with zero attached hydrogens (tertiary/aromatic N) is 1. The minimum absolute atomic E-state index is 0.107. The van der Waals surface area contributed by atoms with Crippen LogP contribution in [0.5, 0.6) is 5.75 Å². The average molecular weight is 379 g/mol. The number of methoxy groups -OCH3 is 1. The molecule has 0 unspecified atom stereocenters. The molecule has 1 N–H and O–H groups in total. The van der Waals surface area contributed by atoms with Crippen LogP contribution in [0.3, 0.4) is 0 Å². The molecule has 1 aliphatic heterocycles. The fourth-order valence-corrected chi connectivity index (χ4v) is 2.56. The van der Waals surface area contributed by atoms with Crippen LogP contribution in [0.25, 0.3) is 0 Å². The Morgan fingerprint density at radius 2 is 1.92 bits per heavy atom. The van der Waals surface area contributed by atoms with E-state index in [0.717, 1.165) is 11.6 Å².